The van der Waals surface area contributed by atoms with Gasteiger partial charge in [0.05, 0.1) is 5.02 Å². The number of likely N-dealkylation sites (N-methyl/N-ethyl adjacent to an activating group) is 3. The van der Waals surface area contributed by atoms with Crippen molar-refractivity contribution in [2.45, 2.75) is 24.9 Å². The zero-order valence-electron chi connectivity index (χ0n) is 13.1. The van der Waals surface area contributed by atoms with E-state index in [9.17, 15) is 4.39 Å². The smallest absolute Gasteiger partial charge is 0.141 e. The molecule has 3 nitrogen and oxygen atoms in total. The first kappa shape index (κ1) is 16.7. The van der Waals surface area contributed by atoms with Gasteiger partial charge in [-0.05, 0) is 51.7 Å². The lowest BCUT2D eigenvalue weighted by molar-refractivity contribution is 0.102. The molecule has 0 spiro atoms. The molecule has 1 aliphatic heterocycles. The zero-order chi connectivity index (χ0) is 15.4. The Hall–Kier alpha value is -0.680. The van der Waals surface area contributed by atoms with Crippen molar-refractivity contribution in [3.05, 3.63) is 34.6 Å². The number of nitrogens with one attached hydrogen (secondary N) is 1. The molecule has 1 heterocycles. The van der Waals surface area contributed by atoms with E-state index >= 15 is 0 Å². The van der Waals surface area contributed by atoms with E-state index in [1.807, 2.05) is 13.1 Å². The predicted octanol–water partition coefficient (Wildman–Crippen LogP) is 2.25. The molecule has 5 heteroatoms. The number of halogens is 2. The van der Waals surface area contributed by atoms with Crippen molar-refractivity contribution in [2.24, 2.45) is 0 Å². The van der Waals surface area contributed by atoms with E-state index in [-0.39, 0.29) is 10.8 Å². The summed E-state index contributed by atoms with van der Waals surface area (Å²) in [5.74, 6) is -0.352. The van der Waals surface area contributed by atoms with E-state index in [1.165, 1.54) is 6.07 Å². The maximum Gasteiger partial charge on any atom is 0.141 e. The summed E-state index contributed by atoms with van der Waals surface area (Å²) in [7, 11) is 6.36. The second-order valence-corrected chi connectivity index (χ2v) is 6.48. The Morgan fingerprint density at radius 3 is 2.81 bits per heavy atom. The molecule has 1 aliphatic rings. The molecule has 0 aliphatic carbocycles. The summed E-state index contributed by atoms with van der Waals surface area (Å²) in [6.45, 7) is 3.34. The Balaban J connectivity index is 1.97. The van der Waals surface area contributed by atoms with Crippen LogP contribution in [0.15, 0.2) is 18.2 Å². The normalized spacial score (nSPS) is 22.4. The van der Waals surface area contributed by atoms with Gasteiger partial charge >= 0.3 is 0 Å². The summed E-state index contributed by atoms with van der Waals surface area (Å²) >= 11 is 5.86. The molecule has 118 valence electrons. The molecule has 0 aromatic heterocycles. The highest BCUT2D eigenvalue weighted by Gasteiger charge is 2.24. The van der Waals surface area contributed by atoms with Crippen molar-refractivity contribution in [1.29, 1.82) is 0 Å². The number of benzene rings is 1. The first-order chi connectivity index (χ1) is 9.99. The third kappa shape index (κ3) is 4.65. The van der Waals surface area contributed by atoms with Crippen molar-refractivity contribution in [3.63, 3.8) is 0 Å². The molecule has 2 unspecified atom stereocenters. The molecule has 1 fully saturated rings. The standard InChI is InChI=1S/C16H25ClFN3/c1-19-13(8-12-4-5-16(18)15(17)9-12)10-14-11-20(2)6-7-21(14)3/h4-5,9,13-14,19H,6-8,10-11H2,1-3H3. The molecule has 1 aromatic rings. The van der Waals surface area contributed by atoms with Gasteiger partial charge in [-0.1, -0.05) is 17.7 Å². The third-order valence-corrected chi connectivity index (χ3v) is 4.70. The fourth-order valence-electron chi connectivity index (χ4n) is 2.94. The Labute approximate surface area is 132 Å². The number of hydrogen-bond donors (Lipinski definition) is 1. The van der Waals surface area contributed by atoms with Gasteiger partial charge in [-0.15, -0.1) is 0 Å². The molecule has 2 atom stereocenters. The minimum Gasteiger partial charge on any atom is -0.317 e. The lowest BCUT2D eigenvalue weighted by atomic mass is 9.97. The minimum absolute atomic E-state index is 0.205. The van der Waals surface area contributed by atoms with Crippen LogP contribution in [0, 0.1) is 5.82 Å². The average molecular weight is 314 g/mol. The number of piperazine rings is 1. The zero-order valence-corrected chi connectivity index (χ0v) is 13.8. The van der Waals surface area contributed by atoms with Crippen LogP contribution in [0.5, 0.6) is 0 Å². The summed E-state index contributed by atoms with van der Waals surface area (Å²) in [5, 5.41) is 3.59. The highest BCUT2D eigenvalue weighted by atomic mass is 35.5. The number of hydrogen-bond acceptors (Lipinski definition) is 3. The molecule has 0 saturated carbocycles. The van der Waals surface area contributed by atoms with Gasteiger partial charge in [0, 0.05) is 31.7 Å². The molecular weight excluding hydrogens is 289 g/mol. The molecule has 1 N–H and O–H groups in total. The van der Waals surface area contributed by atoms with E-state index in [2.05, 4.69) is 29.2 Å². The first-order valence-corrected chi connectivity index (χ1v) is 7.87. The van der Waals surface area contributed by atoms with Crippen molar-refractivity contribution >= 4 is 11.6 Å². The van der Waals surface area contributed by atoms with Gasteiger partial charge in [0.1, 0.15) is 5.82 Å². The minimum atomic E-state index is -0.352. The Bertz CT molecular complexity index is 469. The second kappa shape index (κ2) is 7.54. The fourth-order valence-corrected chi connectivity index (χ4v) is 3.14. The predicted molar refractivity (Wildman–Crippen MR) is 86.5 cm³/mol. The van der Waals surface area contributed by atoms with Crippen LogP contribution in [0.1, 0.15) is 12.0 Å². The fraction of sp³-hybridized carbons (Fsp3) is 0.625. The van der Waals surface area contributed by atoms with Crippen LogP contribution in [0.4, 0.5) is 4.39 Å². The van der Waals surface area contributed by atoms with Gasteiger partial charge < -0.3 is 15.1 Å². The van der Waals surface area contributed by atoms with Crippen LogP contribution in [0.3, 0.4) is 0 Å². The van der Waals surface area contributed by atoms with Crippen LogP contribution in [-0.2, 0) is 6.42 Å². The Morgan fingerprint density at radius 2 is 2.14 bits per heavy atom. The van der Waals surface area contributed by atoms with Crippen molar-refractivity contribution in [1.82, 2.24) is 15.1 Å². The van der Waals surface area contributed by atoms with Crippen LogP contribution in [0.25, 0.3) is 0 Å². The second-order valence-electron chi connectivity index (χ2n) is 6.07. The molecule has 0 amide bonds. The van der Waals surface area contributed by atoms with Crippen LogP contribution in [0.2, 0.25) is 5.02 Å². The molecule has 0 bridgehead atoms. The highest BCUT2D eigenvalue weighted by molar-refractivity contribution is 6.30. The largest absolute Gasteiger partial charge is 0.317 e. The van der Waals surface area contributed by atoms with Crippen LogP contribution in [-0.4, -0.2) is 62.7 Å². The van der Waals surface area contributed by atoms with E-state index < -0.39 is 0 Å². The molecule has 1 saturated heterocycles. The first-order valence-electron chi connectivity index (χ1n) is 7.49. The van der Waals surface area contributed by atoms with Gasteiger partial charge in [-0.2, -0.15) is 0 Å². The molecule has 1 aromatic carbocycles. The number of nitrogens with zero attached hydrogens (tertiary/aromatic N) is 2. The van der Waals surface area contributed by atoms with Gasteiger partial charge in [0.15, 0.2) is 0 Å². The summed E-state index contributed by atoms with van der Waals surface area (Å²) in [6.07, 6.45) is 1.94. The summed E-state index contributed by atoms with van der Waals surface area (Å²) in [4.78, 5) is 4.81. The lowest BCUT2D eigenvalue weighted by Crippen LogP contribution is -2.52. The van der Waals surface area contributed by atoms with Gasteiger partial charge in [-0.3, -0.25) is 0 Å². The summed E-state index contributed by atoms with van der Waals surface area (Å²) < 4.78 is 13.2. The van der Waals surface area contributed by atoms with Gasteiger partial charge in [-0.25, -0.2) is 4.39 Å². The topological polar surface area (TPSA) is 18.5 Å². The monoisotopic (exact) mass is 313 g/mol. The van der Waals surface area contributed by atoms with E-state index in [1.54, 1.807) is 6.07 Å². The van der Waals surface area contributed by atoms with Crippen molar-refractivity contribution < 1.29 is 4.39 Å². The quantitative estimate of drug-likeness (QED) is 0.899. The van der Waals surface area contributed by atoms with E-state index in [4.69, 9.17) is 11.6 Å². The Morgan fingerprint density at radius 1 is 1.38 bits per heavy atom. The van der Waals surface area contributed by atoms with Crippen LogP contribution >= 0.6 is 11.6 Å². The highest BCUT2D eigenvalue weighted by Crippen LogP contribution is 2.19. The van der Waals surface area contributed by atoms with E-state index in [0.29, 0.717) is 12.1 Å². The van der Waals surface area contributed by atoms with Crippen LogP contribution < -0.4 is 5.32 Å². The number of rotatable bonds is 5. The molecule has 2 rings (SSSR count). The maximum absolute atomic E-state index is 13.2. The third-order valence-electron chi connectivity index (χ3n) is 4.41. The summed E-state index contributed by atoms with van der Waals surface area (Å²) in [6, 6.07) is 5.92. The summed E-state index contributed by atoms with van der Waals surface area (Å²) in [5.41, 5.74) is 1.08. The Kier molecular flexibility index (Phi) is 5.99. The van der Waals surface area contributed by atoms with Gasteiger partial charge in [0.25, 0.3) is 0 Å². The molecule has 21 heavy (non-hydrogen) atoms. The van der Waals surface area contributed by atoms with Crippen molar-refractivity contribution in [2.75, 3.05) is 40.8 Å². The van der Waals surface area contributed by atoms with Crippen molar-refractivity contribution in [3.8, 4) is 0 Å². The maximum atomic E-state index is 13.2. The molecular formula is C16H25ClFN3. The molecule has 0 radical (unpaired) electrons. The van der Waals surface area contributed by atoms with E-state index in [0.717, 1.165) is 38.0 Å². The SMILES string of the molecule is CNC(Cc1ccc(F)c(Cl)c1)CC1CN(C)CCN1C. The lowest BCUT2D eigenvalue weighted by Gasteiger charge is -2.39. The van der Waals surface area contributed by atoms with Gasteiger partial charge in [0.2, 0.25) is 0 Å². The average Bonchev–Trinajstić information content (AvgIpc) is 2.46.